The fourth-order valence-electron chi connectivity index (χ4n) is 3.70. The van der Waals surface area contributed by atoms with Gasteiger partial charge in [-0.3, -0.25) is 4.90 Å². The summed E-state index contributed by atoms with van der Waals surface area (Å²) < 4.78 is 27.5. The molecule has 0 amide bonds. The molecule has 0 radical (unpaired) electrons. The maximum Gasteiger partial charge on any atom is 0.246 e. The molecule has 1 N–H and O–H groups in total. The van der Waals surface area contributed by atoms with E-state index in [0.29, 0.717) is 32.7 Å². The largest absolute Gasteiger partial charge is 0.508 e. The third-order valence-corrected chi connectivity index (χ3v) is 8.10. The summed E-state index contributed by atoms with van der Waals surface area (Å²) in [6.45, 7) is 2.30. The fraction of sp³-hybridized carbons (Fsp3) is 0.238. The Morgan fingerprint density at radius 2 is 1.52 bits per heavy atom. The number of aromatic hydroxyl groups is 1. The van der Waals surface area contributed by atoms with Crippen molar-refractivity contribution in [3.05, 3.63) is 70.2 Å². The minimum atomic E-state index is -3.77. The van der Waals surface area contributed by atoms with Gasteiger partial charge in [-0.15, -0.1) is 0 Å². The molecule has 0 aromatic heterocycles. The lowest BCUT2D eigenvalue weighted by Crippen LogP contribution is -2.48. The lowest BCUT2D eigenvalue weighted by atomic mass is 10.0. The Kier molecular flexibility index (Phi) is 5.73. The van der Waals surface area contributed by atoms with Gasteiger partial charge in [0.25, 0.3) is 0 Å². The quantitative estimate of drug-likeness (QED) is 0.641. The third kappa shape index (κ3) is 3.96. The fourth-order valence-corrected chi connectivity index (χ4v) is 6.21. The van der Waals surface area contributed by atoms with Crippen molar-refractivity contribution in [2.75, 3.05) is 26.2 Å². The predicted molar refractivity (Wildman–Crippen MR) is 116 cm³/mol. The Labute approximate surface area is 180 Å². The lowest BCUT2D eigenvalue weighted by Gasteiger charge is -2.34. The number of halogens is 2. The van der Waals surface area contributed by atoms with Crippen LogP contribution in [0.25, 0.3) is 10.8 Å². The molecule has 1 heterocycles. The molecule has 152 valence electrons. The highest BCUT2D eigenvalue weighted by molar-refractivity contribution is 7.89. The summed E-state index contributed by atoms with van der Waals surface area (Å²) in [5.41, 5.74) is 0.855. The molecule has 0 unspecified atom stereocenters. The van der Waals surface area contributed by atoms with Gasteiger partial charge < -0.3 is 5.11 Å². The number of hydrogen-bond donors (Lipinski definition) is 1. The van der Waals surface area contributed by atoms with Gasteiger partial charge in [0.1, 0.15) is 10.6 Å². The van der Waals surface area contributed by atoms with E-state index in [0.717, 1.165) is 16.3 Å². The summed E-state index contributed by atoms with van der Waals surface area (Å²) >= 11 is 12.2. The van der Waals surface area contributed by atoms with Crippen LogP contribution in [0.4, 0.5) is 0 Å². The molecule has 1 aliphatic rings. The van der Waals surface area contributed by atoms with Crippen molar-refractivity contribution in [3.8, 4) is 5.75 Å². The molecule has 0 spiro atoms. The summed E-state index contributed by atoms with van der Waals surface area (Å²) in [5.74, 6) is 0.251. The van der Waals surface area contributed by atoms with Crippen LogP contribution >= 0.6 is 23.2 Å². The molecule has 8 heteroatoms. The first-order valence-corrected chi connectivity index (χ1v) is 11.4. The first kappa shape index (κ1) is 20.4. The molecule has 0 saturated carbocycles. The zero-order valence-corrected chi connectivity index (χ0v) is 17.9. The minimum absolute atomic E-state index is 0.0384. The van der Waals surface area contributed by atoms with Crippen molar-refractivity contribution in [2.24, 2.45) is 0 Å². The maximum atomic E-state index is 13.0. The number of nitrogens with zero attached hydrogens (tertiary/aromatic N) is 2. The molecule has 5 nitrogen and oxygen atoms in total. The van der Waals surface area contributed by atoms with Crippen LogP contribution < -0.4 is 0 Å². The zero-order valence-electron chi connectivity index (χ0n) is 15.6. The van der Waals surface area contributed by atoms with E-state index in [1.807, 2.05) is 30.3 Å². The first-order valence-electron chi connectivity index (χ1n) is 9.24. The average molecular weight is 451 g/mol. The van der Waals surface area contributed by atoms with E-state index < -0.39 is 10.0 Å². The second kappa shape index (κ2) is 8.13. The Balaban J connectivity index is 1.52. The van der Waals surface area contributed by atoms with Crippen LogP contribution in [0.3, 0.4) is 0 Å². The summed E-state index contributed by atoms with van der Waals surface area (Å²) in [5, 5.41) is 12.7. The molecule has 3 aromatic carbocycles. The Morgan fingerprint density at radius 1 is 0.862 bits per heavy atom. The number of sulfonamides is 1. The average Bonchev–Trinajstić information content (AvgIpc) is 2.70. The molecule has 1 aliphatic heterocycles. The van der Waals surface area contributed by atoms with Gasteiger partial charge in [0, 0.05) is 38.3 Å². The normalized spacial score (nSPS) is 16.3. The highest BCUT2D eigenvalue weighted by atomic mass is 35.5. The molecule has 3 aromatic rings. The van der Waals surface area contributed by atoms with Gasteiger partial charge in [-0.25, -0.2) is 8.42 Å². The lowest BCUT2D eigenvalue weighted by molar-refractivity contribution is 0.180. The van der Waals surface area contributed by atoms with Gasteiger partial charge >= 0.3 is 0 Å². The van der Waals surface area contributed by atoms with Crippen LogP contribution in [0.1, 0.15) is 5.56 Å². The van der Waals surface area contributed by atoms with E-state index in [2.05, 4.69) is 4.90 Å². The summed E-state index contributed by atoms with van der Waals surface area (Å²) in [6.07, 6.45) is 0. The van der Waals surface area contributed by atoms with E-state index in [1.54, 1.807) is 12.1 Å². The highest BCUT2D eigenvalue weighted by Gasteiger charge is 2.32. The number of phenols is 1. The van der Waals surface area contributed by atoms with E-state index in [4.69, 9.17) is 23.2 Å². The van der Waals surface area contributed by atoms with Gasteiger partial charge in [0.2, 0.25) is 10.0 Å². The second-order valence-corrected chi connectivity index (χ2v) is 9.70. The number of piperazine rings is 1. The monoisotopic (exact) mass is 450 g/mol. The molecule has 0 bridgehead atoms. The molecule has 1 saturated heterocycles. The van der Waals surface area contributed by atoms with E-state index in [-0.39, 0.29) is 20.7 Å². The Morgan fingerprint density at radius 3 is 2.21 bits per heavy atom. The van der Waals surface area contributed by atoms with Crippen LogP contribution in [-0.4, -0.2) is 48.9 Å². The summed E-state index contributed by atoms with van der Waals surface area (Å²) in [7, 11) is -3.77. The van der Waals surface area contributed by atoms with Crippen molar-refractivity contribution in [1.82, 2.24) is 9.21 Å². The van der Waals surface area contributed by atoms with Crippen LogP contribution in [-0.2, 0) is 16.6 Å². The van der Waals surface area contributed by atoms with Gasteiger partial charge in [-0.1, -0.05) is 59.6 Å². The first-order chi connectivity index (χ1) is 13.9. The predicted octanol–water partition coefficient (Wildman–Crippen LogP) is 4.36. The van der Waals surface area contributed by atoms with Crippen molar-refractivity contribution in [1.29, 1.82) is 0 Å². The van der Waals surface area contributed by atoms with Crippen molar-refractivity contribution in [2.45, 2.75) is 11.4 Å². The van der Waals surface area contributed by atoms with Crippen LogP contribution in [0.15, 0.2) is 59.5 Å². The number of fused-ring (bicyclic) bond motifs is 1. The standard InChI is InChI=1S/C21H20Cl2N2O3S/c22-18-6-3-7-19(23)21(18)29(27,28)25-12-10-24(11-13-25)14-17-16-5-2-1-4-15(16)8-9-20(17)26/h1-9,26H,10-14H2. The SMILES string of the molecule is O=S(=O)(c1c(Cl)cccc1Cl)N1CCN(Cc2c(O)ccc3ccccc23)CC1. The van der Waals surface area contributed by atoms with E-state index in [9.17, 15) is 13.5 Å². The minimum Gasteiger partial charge on any atom is -0.508 e. The molecular weight excluding hydrogens is 431 g/mol. The number of phenolic OH excluding ortho intramolecular Hbond substituents is 1. The van der Waals surface area contributed by atoms with Crippen molar-refractivity contribution < 1.29 is 13.5 Å². The summed E-state index contributed by atoms with van der Waals surface area (Å²) in [6, 6.07) is 16.2. The van der Waals surface area contributed by atoms with Gasteiger partial charge in [0.05, 0.1) is 10.0 Å². The number of hydrogen-bond acceptors (Lipinski definition) is 4. The van der Waals surface area contributed by atoms with Crippen molar-refractivity contribution >= 4 is 44.0 Å². The summed E-state index contributed by atoms with van der Waals surface area (Å²) in [4.78, 5) is 2.10. The third-order valence-electron chi connectivity index (χ3n) is 5.25. The molecule has 1 fully saturated rings. The van der Waals surface area contributed by atoms with Crippen LogP contribution in [0.5, 0.6) is 5.75 Å². The Bertz CT molecular complexity index is 1140. The van der Waals surface area contributed by atoms with E-state index in [1.165, 1.54) is 16.4 Å². The number of benzene rings is 3. The zero-order chi connectivity index (χ0) is 20.6. The van der Waals surface area contributed by atoms with Gasteiger partial charge in [0.15, 0.2) is 0 Å². The molecule has 29 heavy (non-hydrogen) atoms. The number of rotatable bonds is 4. The second-order valence-electron chi connectivity index (χ2n) is 7.02. The van der Waals surface area contributed by atoms with Crippen molar-refractivity contribution in [3.63, 3.8) is 0 Å². The van der Waals surface area contributed by atoms with Crippen LogP contribution in [0, 0.1) is 0 Å². The topological polar surface area (TPSA) is 60.9 Å². The maximum absolute atomic E-state index is 13.0. The smallest absolute Gasteiger partial charge is 0.246 e. The molecule has 0 aliphatic carbocycles. The Hall–Kier alpha value is -1.83. The molecule has 0 atom stereocenters. The van der Waals surface area contributed by atoms with Crippen LogP contribution in [0.2, 0.25) is 10.0 Å². The van der Waals surface area contributed by atoms with E-state index >= 15 is 0 Å². The molecule has 4 rings (SSSR count). The van der Waals surface area contributed by atoms with Gasteiger partial charge in [-0.2, -0.15) is 4.31 Å². The highest BCUT2D eigenvalue weighted by Crippen LogP contribution is 2.33. The van der Waals surface area contributed by atoms with Gasteiger partial charge in [-0.05, 0) is 29.0 Å². The molecular formula is C21H20Cl2N2O3S.